The Balaban J connectivity index is 2.10. The molecule has 0 aliphatic carbocycles. The first-order valence-corrected chi connectivity index (χ1v) is 6.35. The summed E-state index contributed by atoms with van der Waals surface area (Å²) in [6, 6.07) is 6.05. The van der Waals surface area contributed by atoms with Gasteiger partial charge in [0.25, 0.3) is 0 Å². The molecule has 18 heavy (non-hydrogen) atoms. The summed E-state index contributed by atoms with van der Waals surface area (Å²) in [5.74, 6) is 0.624. The van der Waals surface area contributed by atoms with E-state index in [0.717, 1.165) is 19.4 Å². The highest BCUT2D eigenvalue weighted by Crippen LogP contribution is 2.32. The summed E-state index contributed by atoms with van der Waals surface area (Å²) < 4.78 is 38.5. The van der Waals surface area contributed by atoms with E-state index >= 15 is 0 Å². The van der Waals surface area contributed by atoms with Crippen molar-refractivity contribution in [2.45, 2.75) is 38.4 Å². The van der Waals surface area contributed by atoms with Crippen molar-refractivity contribution in [3.8, 4) is 0 Å². The van der Waals surface area contributed by atoms with E-state index in [-0.39, 0.29) is 6.04 Å². The molecule has 1 fully saturated rings. The van der Waals surface area contributed by atoms with Crippen molar-refractivity contribution in [3.63, 3.8) is 0 Å². The van der Waals surface area contributed by atoms with E-state index in [2.05, 4.69) is 12.2 Å². The van der Waals surface area contributed by atoms with E-state index in [1.165, 1.54) is 12.1 Å². The summed E-state index contributed by atoms with van der Waals surface area (Å²) in [6.07, 6.45) is -1.75. The van der Waals surface area contributed by atoms with Gasteiger partial charge in [-0.1, -0.05) is 25.1 Å². The van der Waals surface area contributed by atoms with Gasteiger partial charge in [0, 0.05) is 6.04 Å². The minimum absolute atomic E-state index is 0.171. The monoisotopic (exact) mass is 257 g/mol. The molecule has 1 aliphatic heterocycles. The SMILES string of the molecule is CC1CCC(Cc2ccccc2C(F)(F)F)NC1. The van der Waals surface area contributed by atoms with Gasteiger partial charge in [-0.25, -0.2) is 0 Å². The Morgan fingerprint density at radius 2 is 1.94 bits per heavy atom. The molecule has 0 radical (unpaired) electrons. The van der Waals surface area contributed by atoms with Crippen LogP contribution in [-0.4, -0.2) is 12.6 Å². The minimum Gasteiger partial charge on any atom is -0.313 e. The van der Waals surface area contributed by atoms with Gasteiger partial charge in [-0.3, -0.25) is 0 Å². The maximum atomic E-state index is 12.8. The topological polar surface area (TPSA) is 12.0 Å². The highest BCUT2D eigenvalue weighted by Gasteiger charge is 2.33. The Labute approximate surface area is 105 Å². The lowest BCUT2D eigenvalue weighted by atomic mass is 9.91. The third kappa shape index (κ3) is 3.25. The Bertz CT molecular complexity index is 392. The molecule has 1 aromatic carbocycles. The van der Waals surface area contributed by atoms with Crippen molar-refractivity contribution in [1.82, 2.24) is 5.32 Å². The Morgan fingerprint density at radius 1 is 1.22 bits per heavy atom. The standard InChI is InChI=1S/C14H18F3N/c1-10-6-7-12(18-9-10)8-11-4-2-3-5-13(11)14(15,16)17/h2-5,10,12,18H,6-9H2,1H3. The van der Waals surface area contributed by atoms with E-state index in [0.29, 0.717) is 17.9 Å². The van der Waals surface area contributed by atoms with Gasteiger partial charge >= 0.3 is 6.18 Å². The number of hydrogen-bond donors (Lipinski definition) is 1. The van der Waals surface area contributed by atoms with Gasteiger partial charge < -0.3 is 5.32 Å². The third-order valence-electron chi connectivity index (χ3n) is 3.55. The molecule has 0 spiro atoms. The second-order valence-corrected chi connectivity index (χ2v) is 5.15. The van der Waals surface area contributed by atoms with Crippen LogP contribution in [0.25, 0.3) is 0 Å². The van der Waals surface area contributed by atoms with Crippen molar-refractivity contribution in [2.24, 2.45) is 5.92 Å². The van der Waals surface area contributed by atoms with Crippen molar-refractivity contribution in [1.29, 1.82) is 0 Å². The maximum absolute atomic E-state index is 12.8. The number of halogens is 3. The van der Waals surface area contributed by atoms with Crippen LogP contribution in [0.5, 0.6) is 0 Å². The molecule has 100 valence electrons. The van der Waals surface area contributed by atoms with Crippen LogP contribution in [-0.2, 0) is 12.6 Å². The molecule has 1 aromatic rings. The van der Waals surface area contributed by atoms with Crippen LogP contribution in [0.2, 0.25) is 0 Å². The van der Waals surface area contributed by atoms with Crippen LogP contribution in [0, 0.1) is 5.92 Å². The Morgan fingerprint density at radius 3 is 2.56 bits per heavy atom. The number of nitrogens with one attached hydrogen (secondary N) is 1. The number of alkyl halides is 3. The second kappa shape index (κ2) is 5.31. The minimum atomic E-state index is -4.25. The van der Waals surface area contributed by atoms with Crippen LogP contribution < -0.4 is 5.32 Å². The van der Waals surface area contributed by atoms with Crippen LogP contribution in [0.1, 0.15) is 30.9 Å². The summed E-state index contributed by atoms with van der Waals surface area (Å²) in [5.41, 5.74) is -0.0949. The lowest BCUT2D eigenvalue weighted by molar-refractivity contribution is -0.138. The predicted octanol–water partition coefficient (Wildman–Crippen LogP) is 3.64. The number of rotatable bonds is 2. The van der Waals surface area contributed by atoms with E-state index < -0.39 is 11.7 Å². The molecule has 2 unspecified atom stereocenters. The number of benzene rings is 1. The Hall–Kier alpha value is -1.03. The smallest absolute Gasteiger partial charge is 0.313 e. The van der Waals surface area contributed by atoms with E-state index in [1.54, 1.807) is 12.1 Å². The molecule has 1 N–H and O–H groups in total. The molecule has 0 bridgehead atoms. The zero-order chi connectivity index (χ0) is 13.2. The quantitative estimate of drug-likeness (QED) is 0.853. The van der Waals surface area contributed by atoms with Crippen molar-refractivity contribution in [2.75, 3.05) is 6.54 Å². The molecule has 1 heterocycles. The Kier molecular flexibility index (Phi) is 3.95. The molecule has 0 saturated carbocycles. The zero-order valence-corrected chi connectivity index (χ0v) is 10.4. The molecule has 1 nitrogen and oxygen atoms in total. The maximum Gasteiger partial charge on any atom is 0.416 e. The average molecular weight is 257 g/mol. The molecule has 2 rings (SSSR count). The van der Waals surface area contributed by atoms with Gasteiger partial charge in [-0.05, 0) is 43.4 Å². The van der Waals surface area contributed by atoms with Crippen LogP contribution in [0.4, 0.5) is 13.2 Å². The fraction of sp³-hybridized carbons (Fsp3) is 0.571. The molecular formula is C14H18F3N. The van der Waals surface area contributed by atoms with Crippen molar-refractivity contribution in [3.05, 3.63) is 35.4 Å². The second-order valence-electron chi connectivity index (χ2n) is 5.15. The van der Waals surface area contributed by atoms with Gasteiger partial charge in [0.05, 0.1) is 5.56 Å². The van der Waals surface area contributed by atoms with Crippen molar-refractivity contribution < 1.29 is 13.2 Å². The average Bonchev–Trinajstić information content (AvgIpc) is 2.31. The first-order chi connectivity index (χ1) is 8.47. The van der Waals surface area contributed by atoms with Gasteiger partial charge in [0.2, 0.25) is 0 Å². The lowest BCUT2D eigenvalue weighted by Gasteiger charge is -2.28. The summed E-state index contributed by atoms with van der Waals surface area (Å²) in [6.45, 7) is 3.06. The number of hydrogen-bond acceptors (Lipinski definition) is 1. The third-order valence-corrected chi connectivity index (χ3v) is 3.55. The molecular weight excluding hydrogens is 239 g/mol. The largest absolute Gasteiger partial charge is 0.416 e. The molecule has 0 amide bonds. The predicted molar refractivity (Wildman–Crippen MR) is 65.3 cm³/mol. The highest BCUT2D eigenvalue weighted by molar-refractivity contribution is 5.30. The van der Waals surface area contributed by atoms with E-state index in [1.807, 2.05) is 0 Å². The molecule has 4 heteroatoms. The fourth-order valence-corrected chi connectivity index (χ4v) is 2.47. The molecule has 1 aliphatic rings. The number of piperidine rings is 1. The van der Waals surface area contributed by atoms with E-state index in [4.69, 9.17) is 0 Å². The van der Waals surface area contributed by atoms with Gasteiger partial charge in [0.1, 0.15) is 0 Å². The summed E-state index contributed by atoms with van der Waals surface area (Å²) >= 11 is 0. The summed E-state index contributed by atoms with van der Waals surface area (Å²) in [4.78, 5) is 0. The van der Waals surface area contributed by atoms with Gasteiger partial charge in [-0.15, -0.1) is 0 Å². The normalized spacial score (nSPS) is 25.1. The lowest BCUT2D eigenvalue weighted by Crippen LogP contribution is -2.39. The van der Waals surface area contributed by atoms with Crippen LogP contribution >= 0.6 is 0 Å². The summed E-state index contributed by atoms with van der Waals surface area (Å²) in [7, 11) is 0. The molecule has 0 aromatic heterocycles. The van der Waals surface area contributed by atoms with Crippen molar-refractivity contribution >= 4 is 0 Å². The molecule has 1 saturated heterocycles. The first kappa shape index (κ1) is 13.4. The zero-order valence-electron chi connectivity index (χ0n) is 10.4. The molecule has 2 atom stereocenters. The van der Waals surface area contributed by atoms with Crippen LogP contribution in [0.3, 0.4) is 0 Å². The highest BCUT2D eigenvalue weighted by atomic mass is 19.4. The van der Waals surface area contributed by atoms with E-state index in [9.17, 15) is 13.2 Å². The summed E-state index contributed by atoms with van der Waals surface area (Å²) in [5, 5.41) is 3.33. The van der Waals surface area contributed by atoms with Crippen LogP contribution in [0.15, 0.2) is 24.3 Å². The fourth-order valence-electron chi connectivity index (χ4n) is 2.47. The van der Waals surface area contributed by atoms with Gasteiger partial charge in [-0.2, -0.15) is 13.2 Å². The first-order valence-electron chi connectivity index (χ1n) is 6.35. The van der Waals surface area contributed by atoms with Gasteiger partial charge in [0.15, 0.2) is 0 Å².